The molecule has 0 atom stereocenters. The van der Waals surface area contributed by atoms with Crippen LogP contribution in [0.4, 0.5) is 0 Å². The van der Waals surface area contributed by atoms with E-state index in [1.165, 1.54) is 6.07 Å². The highest BCUT2D eigenvalue weighted by molar-refractivity contribution is 5.95. The number of hydrogen-bond donors (Lipinski definition) is 1. The topological polar surface area (TPSA) is 70.0 Å². The van der Waals surface area contributed by atoms with Gasteiger partial charge in [0.05, 0.1) is 0 Å². The van der Waals surface area contributed by atoms with Crippen molar-refractivity contribution in [3.05, 3.63) is 23.9 Å². The highest BCUT2D eigenvalue weighted by Gasteiger charge is 2.06. The molecule has 1 amide bonds. The lowest BCUT2D eigenvalue weighted by atomic mass is 10.2. The zero-order valence-electron chi connectivity index (χ0n) is 9.62. The zero-order chi connectivity index (χ0) is 12.4. The van der Waals surface area contributed by atoms with E-state index in [9.17, 15) is 9.59 Å². The van der Waals surface area contributed by atoms with Crippen molar-refractivity contribution in [2.75, 3.05) is 0 Å². The van der Waals surface area contributed by atoms with E-state index < -0.39 is 5.78 Å². The van der Waals surface area contributed by atoms with E-state index in [0.717, 1.165) is 6.42 Å². The number of rotatable bonds is 6. The lowest BCUT2D eigenvalue weighted by molar-refractivity contribution is -0.123. The Morgan fingerprint density at radius 1 is 1.38 bits per heavy atom. The van der Waals surface area contributed by atoms with Crippen molar-refractivity contribution >= 4 is 11.7 Å². The number of carbonyl (C=O) groups excluding carboxylic acids is 2. The molecule has 0 aliphatic rings. The number of amides is 1. The first-order valence-corrected chi connectivity index (χ1v) is 5.19. The molecular formula is C12H16N2O2. The van der Waals surface area contributed by atoms with Gasteiger partial charge in [-0.2, -0.15) is 5.26 Å². The van der Waals surface area contributed by atoms with Crippen LogP contribution in [0.1, 0.15) is 33.1 Å². The van der Waals surface area contributed by atoms with E-state index >= 15 is 0 Å². The molecule has 0 aromatic carbocycles. The van der Waals surface area contributed by atoms with Crippen LogP contribution in [-0.2, 0) is 9.59 Å². The molecule has 0 saturated carbocycles. The molecule has 4 heteroatoms. The third kappa shape index (κ3) is 6.55. The summed E-state index contributed by atoms with van der Waals surface area (Å²) in [4.78, 5) is 22.0. The Balaban J connectivity index is 4.09. The molecule has 0 radical (unpaired) electrons. The highest BCUT2D eigenvalue weighted by atomic mass is 16.2. The molecule has 16 heavy (non-hydrogen) atoms. The predicted octanol–water partition coefficient (Wildman–Crippen LogP) is 1.85. The first-order valence-electron chi connectivity index (χ1n) is 5.19. The van der Waals surface area contributed by atoms with Gasteiger partial charge in [-0.15, -0.1) is 0 Å². The molecule has 0 heterocycles. The van der Waals surface area contributed by atoms with Crippen molar-refractivity contribution in [3.63, 3.8) is 0 Å². The van der Waals surface area contributed by atoms with Gasteiger partial charge in [0, 0.05) is 18.5 Å². The zero-order valence-corrected chi connectivity index (χ0v) is 9.62. The van der Waals surface area contributed by atoms with Crippen LogP contribution in [0.15, 0.2) is 23.9 Å². The maximum atomic E-state index is 11.3. The average Bonchev–Trinajstić information content (AvgIpc) is 2.31. The van der Waals surface area contributed by atoms with Crippen molar-refractivity contribution in [1.29, 1.82) is 5.26 Å². The second-order valence-electron chi connectivity index (χ2n) is 3.14. The summed E-state index contributed by atoms with van der Waals surface area (Å²) in [6.07, 6.45) is 6.41. The van der Waals surface area contributed by atoms with Gasteiger partial charge in [-0.1, -0.05) is 19.1 Å². The maximum Gasteiger partial charge on any atom is 0.232 e. The van der Waals surface area contributed by atoms with Crippen LogP contribution in [-0.4, -0.2) is 11.7 Å². The highest BCUT2D eigenvalue weighted by Crippen LogP contribution is 1.97. The molecular weight excluding hydrogens is 204 g/mol. The van der Waals surface area contributed by atoms with E-state index in [0.29, 0.717) is 5.70 Å². The summed E-state index contributed by atoms with van der Waals surface area (Å²) < 4.78 is 0. The molecule has 1 N–H and O–H groups in total. The van der Waals surface area contributed by atoms with Gasteiger partial charge in [0.25, 0.3) is 0 Å². The Labute approximate surface area is 95.6 Å². The van der Waals surface area contributed by atoms with Crippen LogP contribution in [0.25, 0.3) is 0 Å². The molecule has 0 rings (SSSR count). The van der Waals surface area contributed by atoms with Crippen LogP contribution >= 0.6 is 0 Å². The van der Waals surface area contributed by atoms with E-state index in [4.69, 9.17) is 5.26 Å². The third-order valence-corrected chi connectivity index (χ3v) is 1.83. The Morgan fingerprint density at radius 3 is 2.56 bits per heavy atom. The summed E-state index contributed by atoms with van der Waals surface area (Å²) >= 11 is 0. The molecule has 0 spiro atoms. The van der Waals surface area contributed by atoms with Crippen LogP contribution in [0.3, 0.4) is 0 Å². The summed E-state index contributed by atoms with van der Waals surface area (Å²) in [6.45, 7) is 3.81. The molecule has 0 saturated heterocycles. The van der Waals surface area contributed by atoms with Crippen LogP contribution in [0, 0.1) is 11.3 Å². The van der Waals surface area contributed by atoms with Crippen LogP contribution in [0.2, 0.25) is 0 Å². The Kier molecular flexibility index (Phi) is 7.43. The molecule has 86 valence electrons. The molecule has 0 aliphatic heterocycles. The van der Waals surface area contributed by atoms with E-state index in [-0.39, 0.29) is 18.7 Å². The summed E-state index contributed by atoms with van der Waals surface area (Å²) in [5.74, 6) is -0.821. The van der Waals surface area contributed by atoms with Gasteiger partial charge in [0.15, 0.2) is 0 Å². The largest absolute Gasteiger partial charge is 0.326 e. The summed E-state index contributed by atoms with van der Waals surface area (Å²) in [6, 6.07) is 1.47. The molecule has 0 unspecified atom stereocenters. The van der Waals surface area contributed by atoms with Gasteiger partial charge in [0.2, 0.25) is 11.7 Å². The van der Waals surface area contributed by atoms with Crippen molar-refractivity contribution in [1.82, 2.24) is 5.32 Å². The number of allylic oxidation sites excluding steroid dienone is 3. The molecule has 0 fully saturated rings. The maximum absolute atomic E-state index is 11.3. The fraction of sp³-hybridized carbons (Fsp3) is 0.417. The fourth-order valence-corrected chi connectivity index (χ4v) is 0.961. The van der Waals surface area contributed by atoms with E-state index in [1.807, 2.05) is 26.0 Å². The first-order chi connectivity index (χ1) is 7.63. The predicted molar refractivity (Wildman–Crippen MR) is 61.2 cm³/mol. The van der Waals surface area contributed by atoms with Gasteiger partial charge in [0.1, 0.15) is 6.07 Å². The number of nitriles is 1. The smallest absolute Gasteiger partial charge is 0.232 e. The molecule has 0 aliphatic carbocycles. The monoisotopic (exact) mass is 220 g/mol. The lowest BCUT2D eigenvalue weighted by Gasteiger charge is -2.04. The van der Waals surface area contributed by atoms with Crippen LogP contribution < -0.4 is 5.32 Å². The van der Waals surface area contributed by atoms with Gasteiger partial charge in [-0.3, -0.25) is 9.59 Å². The van der Waals surface area contributed by atoms with E-state index in [1.54, 1.807) is 6.08 Å². The molecule has 4 nitrogen and oxygen atoms in total. The quantitative estimate of drug-likeness (QED) is 0.548. The summed E-state index contributed by atoms with van der Waals surface area (Å²) in [5.41, 5.74) is 0.705. The summed E-state index contributed by atoms with van der Waals surface area (Å²) in [7, 11) is 0. The standard InChI is InChI=1S/C12H16N2O2/c1-3-5-6-10(4-2)14-12(16)8-7-11(15)9-13/h4-6H,3,7-8H2,1-2H3,(H,14,16)/b6-5-,10-4+. The second-order valence-corrected chi connectivity index (χ2v) is 3.14. The second kappa shape index (κ2) is 8.42. The van der Waals surface area contributed by atoms with Crippen molar-refractivity contribution in [3.8, 4) is 6.07 Å². The first kappa shape index (κ1) is 14.1. The number of ketones is 1. The normalized spacial score (nSPS) is 11.2. The molecule has 0 aromatic heterocycles. The van der Waals surface area contributed by atoms with Gasteiger partial charge in [-0.25, -0.2) is 0 Å². The molecule has 0 bridgehead atoms. The number of hydrogen-bond acceptors (Lipinski definition) is 3. The fourth-order valence-electron chi connectivity index (χ4n) is 0.961. The minimum absolute atomic E-state index is 0.0309. The average molecular weight is 220 g/mol. The number of Topliss-reactive ketones (excluding diaryl/α,β-unsaturated/α-hetero) is 1. The Hall–Kier alpha value is -1.89. The van der Waals surface area contributed by atoms with Gasteiger partial charge in [-0.05, 0) is 19.4 Å². The molecule has 0 aromatic rings. The SMILES string of the molecule is C/C=C(\C=C/CC)NC(=O)CCC(=O)C#N. The Morgan fingerprint density at radius 2 is 2.06 bits per heavy atom. The number of carbonyl (C=O) groups is 2. The Bertz CT molecular complexity index is 349. The van der Waals surface area contributed by atoms with Crippen molar-refractivity contribution < 1.29 is 9.59 Å². The van der Waals surface area contributed by atoms with Crippen LogP contribution in [0.5, 0.6) is 0 Å². The van der Waals surface area contributed by atoms with Crippen molar-refractivity contribution in [2.24, 2.45) is 0 Å². The minimum Gasteiger partial charge on any atom is -0.326 e. The van der Waals surface area contributed by atoms with Gasteiger partial charge >= 0.3 is 0 Å². The van der Waals surface area contributed by atoms with E-state index in [2.05, 4.69) is 5.32 Å². The van der Waals surface area contributed by atoms with Gasteiger partial charge < -0.3 is 5.32 Å². The lowest BCUT2D eigenvalue weighted by Crippen LogP contribution is -2.22. The minimum atomic E-state index is -0.568. The van der Waals surface area contributed by atoms with Crippen molar-refractivity contribution in [2.45, 2.75) is 33.1 Å². The summed E-state index contributed by atoms with van der Waals surface area (Å²) in [5, 5.41) is 10.9. The third-order valence-electron chi connectivity index (χ3n) is 1.83. The number of nitrogens with one attached hydrogen (secondary N) is 1. The number of nitrogens with zero attached hydrogens (tertiary/aromatic N) is 1.